The van der Waals surface area contributed by atoms with Crippen molar-refractivity contribution in [1.82, 2.24) is 0 Å². The van der Waals surface area contributed by atoms with Gasteiger partial charge in [0, 0.05) is 24.5 Å². The average Bonchev–Trinajstić information content (AvgIpc) is 2.59. The molecule has 0 unspecified atom stereocenters. The lowest BCUT2D eigenvalue weighted by Gasteiger charge is -2.27. The van der Waals surface area contributed by atoms with Crippen molar-refractivity contribution in [3.05, 3.63) is 82.2 Å². The zero-order valence-electron chi connectivity index (χ0n) is 12.5. The number of rotatable bonds is 8. The lowest BCUT2D eigenvalue weighted by molar-refractivity contribution is -0.0816. The van der Waals surface area contributed by atoms with Gasteiger partial charge in [-0.3, -0.25) is 0 Å². The zero-order valence-corrected chi connectivity index (χ0v) is 12.5. The van der Waals surface area contributed by atoms with E-state index in [2.05, 4.69) is 10.0 Å². The molecule has 0 fully saturated rings. The summed E-state index contributed by atoms with van der Waals surface area (Å²) in [6.07, 6.45) is -0.242. The molecule has 22 heavy (non-hydrogen) atoms. The molecule has 0 spiro atoms. The molecule has 0 amide bonds. The molecule has 0 radical (unpaired) electrons. The summed E-state index contributed by atoms with van der Waals surface area (Å²) in [7, 11) is 1.59. The zero-order chi connectivity index (χ0) is 15.6. The second-order valence-corrected chi connectivity index (χ2v) is 4.84. The van der Waals surface area contributed by atoms with Crippen molar-refractivity contribution in [2.75, 3.05) is 20.4 Å². The second kappa shape index (κ2) is 8.85. The molecule has 0 N–H and O–H groups in total. The van der Waals surface area contributed by atoms with E-state index in [4.69, 9.17) is 15.0 Å². The van der Waals surface area contributed by atoms with E-state index in [-0.39, 0.29) is 18.8 Å². The van der Waals surface area contributed by atoms with Crippen LogP contribution >= 0.6 is 0 Å². The van der Waals surface area contributed by atoms with Gasteiger partial charge in [-0.2, -0.15) is 0 Å². The normalized spacial score (nSPS) is 13.1. The van der Waals surface area contributed by atoms with Crippen molar-refractivity contribution >= 4 is 0 Å². The highest BCUT2D eigenvalue weighted by molar-refractivity contribution is 5.27. The number of ether oxygens (including phenoxy) is 2. The van der Waals surface area contributed by atoms with Gasteiger partial charge >= 0.3 is 0 Å². The third-order valence-electron chi connectivity index (χ3n) is 3.43. The van der Waals surface area contributed by atoms with Gasteiger partial charge in [0.05, 0.1) is 6.10 Å². The second-order valence-electron chi connectivity index (χ2n) is 4.84. The molecule has 0 saturated heterocycles. The van der Waals surface area contributed by atoms with Crippen LogP contribution in [-0.2, 0) is 9.47 Å². The molecular formula is C17H19N3O2. The number of methoxy groups -OCH3 is 1. The smallest absolute Gasteiger partial charge is 0.147 e. The van der Waals surface area contributed by atoms with Gasteiger partial charge in [-0.1, -0.05) is 65.8 Å². The van der Waals surface area contributed by atoms with Crippen LogP contribution in [0.3, 0.4) is 0 Å². The van der Waals surface area contributed by atoms with Crippen molar-refractivity contribution in [3.63, 3.8) is 0 Å². The first kappa shape index (κ1) is 16.0. The van der Waals surface area contributed by atoms with E-state index in [1.807, 2.05) is 60.7 Å². The van der Waals surface area contributed by atoms with E-state index in [1.54, 1.807) is 7.11 Å². The van der Waals surface area contributed by atoms with Gasteiger partial charge in [0.25, 0.3) is 0 Å². The van der Waals surface area contributed by atoms with E-state index in [1.165, 1.54) is 0 Å². The fraction of sp³-hybridized carbons (Fsp3) is 0.294. The summed E-state index contributed by atoms with van der Waals surface area (Å²) >= 11 is 0. The first-order valence-corrected chi connectivity index (χ1v) is 7.08. The van der Waals surface area contributed by atoms with Crippen molar-refractivity contribution in [3.8, 4) is 0 Å². The fourth-order valence-corrected chi connectivity index (χ4v) is 2.43. The van der Waals surface area contributed by atoms with Crippen LogP contribution in [-0.4, -0.2) is 20.4 Å². The van der Waals surface area contributed by atoms with Gasteiger partial charge in [0.15, 0.2) is 0 Å². The minimum Gasteiger partial charge on any atom is -0.359 e. The number of hydrogen-bond donors (Lipinski definition) is 0. The summed E-state index contributed by atoms with van der Waals surface area (Å²) in [5.41, 5.74) is 10.8. The van der Waals surface area contributed by atoms with Crippen LogP contribution in [0.1, 0.15) is 23.1 Å². The Morgan fingerprint density at radius 1 is 1.00 bits per heavy atom. The van der Waals surface area contributed by atoms with Crippen LogP contribution in [0.2, 0.25) is 0 Å². The molecule has 0 aromatic heterocycles. The lowest BCUT2D eigenvalue weighted by atomic mass is 9.89. The Kier molecular flexibility index (Phi) is 6.45. The molecule has 0 aliphatic heterocycles. The monoisotopic (exact) mass is 297 g/mol. The number of azide groups is 1. The van der Waals surface area contributed by atoms with Gasteiger partial charge in [-0.05, 0) is 16.7 Å². The standard InChI is InChI=1S/C17H19N3O2/c1-21-13-22-17(15-10-6-3-7-11-15)16(12-19-20-18)14-8-4-2-5-9-14/h2-11,16-17H,12-13H2,1H3/t16-,17+/m0/s1. The molecule has 5 nitrogen and oxygen atoms in total. The molecule has 2 aromatic carbocycles. The van der Waals surface area contributed by atoms with Crippen molar-refractivity contribution < 1.29 is 9.47 Å². The third-order valence-corrected chi connectivity index (χ3v) is 3.43. The maximum atomic E-state index is 8.68. The molecule has 114 valence electrons. The highest BCUT2D eigenvalue weighted by atomic mass is 16.7. The Labute approximate surface area is 130 Å². The van der Waals surface area contributed by atoms with Crippen molar-refractivity contribution in [1.29, 1.82) is 0 Å². The highest BCUT2D eigenvalue weighted by Crippen LogP contribution is 2.34. The molecular weight excluding hydrogens is 278 g/mol. The Morgan fingerprint density at radius 3 is 2.14 bits per heavy atom. The van der Waals surface area contributed by atoms with Gasteiger partial charge in [0.1, 0.15) is 6.79 Å². The number of benzene rings is 2. The van der Waals surface area contributed by atoms with E-state index >= 15 is 0 Å². The van der Waals surface area contributed by atoms with Gasteiger partial charge in [0.2, 0.25) is 0 Å². The third kappa shape index (κ3) is 4.33. The summed E-state index contributed by atoms with van der Waals surface area (Å²) in [5, 5.41) is 3.76. The summed E-state index contributed by atoms with van der Waals surface area (Å²) in [5.74, 6) is -0.0744. The number of nitrogens with zero attached hydrogens (tertiary/aromatic N) is 3. The quantitative estimate of drug-likeness (QED) is 0.313. The van der Waals surface area contributed by atoms with Crippen LogP contribution in [0.5, 0.6) is 0 Å². The van der Waals surface area contributed by atoms with Crippen LogP contribution in [0.15, 0.2) is 65.8 Å². The van der Waals surface area contributed by atoms with Crippen molar-refractivity contribution in [2.45, 2.75) is 12.0 Å². The van der Waals surface area contributed by atoms with Gasteiger partial charge in [-0.15, -0.1) is 0 Å². The number of hydrogen-bond acceptors (Lipinski definition) is 3. The van der Waals surface area contributed by atoms with E-state index in [9.17, 15) is 0 Å². The van der Waals surface area contributed by atoms with E-state index < -0.39 is 0 Å². The molecule has 0 saturated carbocycles. The maximum absolute atomic E-state index is 8.68. The van der Waals surface area contributed by atoms with E-state index in [0.29, 0.717) is 6.54 Å². The Morgan fingerprint density at radius 2 is 1.59 bits per heavy atom. The molecule has 2 aromatic rings. The fourth-order valence-electron chi connectivity index (χ4n) is 2.43. The largest absolute Gasteiger partial charge is 0.359 e. The highest BCUT2D eigenvalue weighted by Gasteiger charge is 2.25. The van der Waals surface area contributed by atoms with Crippen LogP contribution in [0.25, 0.3) is 10.4 Å². The summed E-state index contributed by atoms with van der Waals surface area (Å²) in [6, 6.07) is 19.8. The maximum Gasteiger partial charge on any atom is 0.147 e. The molecule has 0 heterocycles. The minimum atomic E-state index is -0.242. The summed E-state index contributed by atoms with van der Waals surface area (Å²) in [6.45, 7) is 0.503. The molecule has 0 bridgehead atoms. The topological polar surface area (TPSA) is 67.2 Å². The average molecular weight is 297 g/mol. The first-order chi connectivity index (χ1) is 10.9. The summed E-state index contributed by atoms with van der Waals surface area (Å²) in [4.78, 5) is 2.90. The van der Waals surface area contributed by atoms with Crippen LogP contribution in [0.4, 0.5) is 0 Å². The first-order valence-electron chi connectivity index (χ1n) is 7.08. The molecule has 0 aliphatic rings. The Hall–Kier alpha value is -2.33. The van der Waals surface area contributed by atoms with Crippen LogP contribution in [0, 0.1) is 0 Å². The lowest BCUT2D eigenvalue weighted by Crippen LogP contribution is -2.18. The molecule has 0 aliphatic carbocycles. The SMILES string of the molecule is COCO[C@H](c1ccccc1)[C@@H](CN=[N+]=[N-])c1ccccc1. The predicted molar refractivity (Wildman–Crippen MR) is 85.3 cm³/mol. The summed E-state index contributed by atoms with van der Waals surface area (Å²) < 4.78 is 10.9. The molecule has 2 atom stereocenters. The van der Waals surface area contributed by atoms with Crippen LogP contribution < -0.4 is 0 Å². The van der Waals surface area contributed by atoms with Gasteiger partial charge < -0.3 is 9.47 Å². The molecule has 5 heteroatoms. The van der Waals surface area contributed by atoms with E-state index in [0.717, 1.165) is 11.1 Å². The predicted octanol–water partition coefficient (Wildman–Crippen LogP) is 4.44. The molecule has 2 rings (SSSR count). The Bertz CT molecular complexity index is 598. The van der Waals surface area contributed by atoms with Gasteiger partial charge in [-0.25, -0.2) is 0 Å². The Balaban J connectivity index is 2.36. The van der Waals surface area contributed by atoms with Crippen molar-refractivity contribution in [2.24, 2.45) is 5.11 Å². The minimum absolute atomic E-state index is 0.0744.